The lowest BCUT2D eigenvalue weighted by Gasteiger charge is -2.22. The van der Waals surface area contributed by atoms with E-state index in [0.717, 1.165) is 34.4 Å². The molecule has 25 heavy (non-hydrogen) atoms. The van der Waals surface area contributed by atoms with E-state index in [1.807, 2.05) is 60.7 Å². The standard InChI is InChI=1S/C19H17N5S/c1-20-19(25)24-18(11-16(23-24)13-7-3-2-4-8-13)17-12-21-14-9-5-6-10-15(14)22-17/h2-10,12,18H,11H2,1H3,(H,20,25)/t18-/m1/s1. The molecule has 1 atom stereocenters. The maximum atomic E-state index is 5.45. The summed E-state index contributed by atoms with van der Waals surface area (Å²) >= 11 is 5.45. The first kappa shape index (κ1) is 15.7. The maximum absolute atomic E-state index is 5.45. The topological polar surface area (TPSA) is 53.4 Å². The summed E-state index contributed by atoms with van der Waals surface area (Å²) < 4.78 is 0. The van der Waals surface area contributed by atoms with Crippen molar-refractivity contribution in [2.45, 2.75) is 12.5 Å². The zero-order valence-electron chi connectivity index (χ0n) is 13.8. The van der Waals surface area contributed by atoms with Gasteiger partial charge in [0.2, 0.25) is 0 Å². The van der Waals surface area contributed by atoms with E-state index in [2.05, 4.69) is 22.4 Å². The fraction of sp³-hybridized carbons (Fsp3) is 0.158. The number of hydrogen-bond donors (Lipinski definition) is 1. The van der Waals surface area contributed by atoms with Crippen LogP contribution in [-0.2, 0) is 0 Å². The summed E-state index contributed by atoms with van der Waals surface area (Å²) in [5.41, 5.74) is 4.73. The van der Waals surface area contributed by atoms with Gasteiger partial charge < -0.3 is 5.32 Å². The molecule has 0 amide bonds. The molecule has 2 heterocycles. The minimum atomic E-state index is -0.0627. The lowest BCUT2D eigenvalue weighted by molar-refractivity contribution is 0.360. The SMILES string of the molecule is CNC(=S)N1N=C(c2ccccc2)C[C@@H]1c1cnc2ccccc2n1. The van der Waals surface area contributed by atoms with Gasteiger partial charge in [-0.25, -0.2) is 9.99 Å². The van der Waals surface area contributed by atoms with Crippen LogP contribution in [0, 0.1) is 0 Å². The average Bonchev–Trinajstić information content (AvgIpc) is 3.13. The van der Waals surface area contributed by atoms with Crippen molar-refractivity contribution in [1.82, 2.24) is 20.3 Å². The summed E-state index contributed by atoms with van der Waals surface area (Å²) in [6.45, 7) is 0. The number of fused-ring (bicyclic) bond motifs is 1. The normalized spacial score (nSPS) is 16.8. The molecule has 6 heteroatoms. The van der Waals surface area contributed by atoms with Crippen LogP contribution < -0.4 is 5.32 Å². The largest absolute Gasteiger partial charge is 0.364 e. The Morgan fingerprint density at radius 3 is 2.56 bits per heavy atom. The third-order valence-electron chi connectivity index (χ3n) is 4.25. The van der Waals surface area contributed by atoms with E-state index in [0.29, 0.717) is 5.11 Å². The monoisotopic (exact) mass is 347 g/mol. The Bertz CT molecular complexity index is 954. The van der Waals surface area contributed by atoms with E-state index in [-0.39, 0.29) is 6.04 Å². The van der Waals surface area contributed by atoms with Gasteiger partial charge in [0.15, 0.2) is 5.11 Å². The van der Waals surface area contributed by atoms with E-state index in [1.165, 1.54) is 0 Å². The number of hydrogen-bond acceptors (Lipinski definition) is 4. The highest BCUT2D eigenvalue weighted by Crippen LogP contribution is 2.32. The number of thiocarbonyl (C=S) groups is 1. The van der Waals surface area contributed by atoms with Crippen LogP contribution in [-0.4, -0.2) is 32.8 Å². The van der Waals surface area contributed by atoms with Crippen LogP contribution in [0.4, 0.5) is 0 Å². The molecule has 1 N–H and O–H groups in total. The molecule has 0 saturated heterocycles. The maximum Gasteiger partial charge on any atom is 0.190 e. The van der Waals surface area contributed by atoms with Crippen molar-refractivity contribution in [2.24, 2.45) is 5.10 Å². The molecule has 0 unspecified atom stereocenters. The van der Waals surface area contributed by atoms with Crippen LogP contribution >= 0.6 is 12.2 Å². The van der Waals surface area contributed by atoms with Crippen LogP contribution in [0.25, 0.3) is 11.0 Å². The number of hydrazone groups is 1. The highest BCUT2D eigenvalue weighted by Gasteiger charge is 2.32. The fourth-order valence-corrected chi connectivity index (χ4v) is 3.15. The first-order chi connectivity index (χ1) is 12.3. The van der Waals surface area contributed by atoms with Gasteiger partial charge in [-0.2, -0.15) is 5.10 Å². The van der Waals surface area contributed by atoms with Gasteiger partial charge in [-0.05, 0) is 29.9 Å². The molecule has 0 bridgehead atoms. The molecule has 0 aliphatic carbocycles. The average molecular weight is 347 g/mol. The zero-order chi connectivity index (χ0) is 17.2. The third-order valence-corrected chi connectivity index (χ3v) is 4.64. The molecular weight excluding hydrogens is 330 g/mol. The molecule has 2 aromatic carbocycles. The summed E-state index contributed by atoms with van der Waals surface area (Å²) in [5, 5.41) is 10.2. The molecule has 0 radical (unpaired) electrons. The van der Waals surface area contributed by atoms with Gasteiger partial charge in [0, 0.05) is 13.5 Å². The van der Waals surface area contributed by atoms with Gasteiger partial charge in [0.25, 0.3) is 0 Å². The van der Waals surface area contributed by atoms with Crippen molar-refractivity contribution in [3.05, 3.63) is 72.1 Å². The van der Waals surface area contributed by atoms with Crippen molar-refractivity contribution >= 4 is 34.1 Å². The molecule has 1 aliphatic heterocycles. The number of nitrogens with zero attached hydrogens (tertiary/aromatic N) is 4. The highest BCUT2D eigenvalue weighted by atomic mass is 32.1. The molecule has 0 spiro atoms. The highest BCUT2D eigenvalue weighted by molar-refractivity contribution is 7.80. The quantitative estimate of drug-likeness (QED) is 0.721. The Hall–Kier alpha value is -2.86. The van der Waals surface area contributed by atoms with Gasteiger partial charge in [-0.1, -0.05) is 42.5 Å². The number of para-hydroxylation sites is 2. The molecule has 4 rings (SSSR count). The molecule has 3 aromatic rings. The number of rotatable bonds is 2. The van der Waals surface area contributed by atoms with Gasteiger partial charge in [0.1, 0.15) is 6.04 Å². The zero-order valence-corrected chi connectivity index (χ0v) is 14.6. The van der Waals surface area contributed by atoms with Crippen molar-refractivity contribution in [1.29, 1.82) is 0 Å². The van der Waals surface area contributed by atoms with Crippen molar-refractivity contribution in [2.75, 3.05) is 7.05 Å². The molecule has 0 saturated carbocycles. The number of aromatic nitrogens is 2. The third kappa shape index (κ3) is 2.96. The smallest absolute Gasteiger partial charge is 0.190 e. The summed E-state index contributed by atoms with van der Waals surface area (Å²) in [6.07, 6.45) is 2.56. The van der Waals surface area contributed by atoms with Crippen LogP contribution in [0.5, 0.6) is 0 Å². The van der Waals surface area contributed by atoms with Gasteiger partial charge in [0.05, 0.1) is 28.6 Å². The van der Waals surface area contributed by atoms with Crippen LogP contribution in [0.15, 0.2) is 65.9 Å². The summed E-state index contributed by atoms with van der Waals surface area (Å²) in [5.74, 6) is 0. The summed E-state index contributed by atoms with van der Waals surface area (Å²) in [7, 11) is 1.81. The van der Waals surface area contributed by atoms with E-state index in [4.69, 9.17) is 22.3 Å². The second-order valence-corrected chi connectivity index (χ2v) is 6.20. The van der Waals surface area contributed by atoms with Gasteiger partial charge in [-0.3, -0.25) is 4.98 Å². The van der Waals surface area contributed by atoms with E-state index >= 15 is 0 Å². The number of nitrogens with one attached hydrogen (secondary N) is 1. The van der Waals surface area contributed by atoms with E-state index < -0.39 is 0 Å². The Balaban J connectivity index is 1.73. The first-order valence-electron chi connectivity index (χ1n) is 8.12. The first-order valence-corrected chi connectivity index (χ1v) is 8.52. The lowest BCUT2D eigenvalue weighted by atomic mass is 10.0. The van der Waals surface area contributed by atoms with Crippen LogP contribution in [0.2, 0.25) is 0 Å². The Morgan fingerprint density at radius 1 is 1.08 bits per heavy atom. The minimum absolute atomic E-state index is 0.0627. The molecule has 124 valence electrons. The fourth-order valence-electron chi connectivity index (χ4n) is 2.98. The summed E-state index contributed by atoms with van der Waals surface area (Å²) in [6, 6.07) is 18.0. The Kier molecular flexibility index (Phi) is 4.11. The molecule has 0 fully saturated rings. The molecule has 1 aliphatic rings. The van der Waals surface area contributed by atoms with Gasteiger partial charge >= 0.3 is 0 Å². The molecule has 1 aromatic heterocycles. The van der Waals surface area contributed by atoms with Gasteiger partial charge in [-0.15, -0.1) is 0 Å². The van der Waals surface area contributed by atoms with E-state index in [9.17, 15) is 0 Å². The van der Waals surface area contributed by atoms with Crippen molar-refractivity contribution in [3.8, 4) is 0 Å². The van der Waals surface area contributed by atoms with Crippen LogP contribution in [0.3, 0.4) is 0 Å². The second kappa shape index (κ2) is 6.57. The summed E-state index contributed by atoms with van der Waals surface area (Å²) in [4.78, 5) is 9.33. The molecular formula is C19H17N5S. The Morgan fingerprint density at radius 2 is 1.80 bits per heavy atom. The lowest BCUT2D eigenvalue weighted by Crippen LogP contribution is -2.34. The Labute approximate surface area is 151 Å². The predicted octanol–water partition coefficient (Wildman–Crippen LogP) is 3.29. The number of benzene rings is 2. The predicted molar refractivity (Wildman–Crippen MR) is 103 cm³/mol. The van der Waals surface area contributed by atoms with E-state index in [1.54, 1.807) is 0 Å². The molecule has 5 nitrogen and oxygen atoms in total. The van der Waals surface area contributed by atoms with Crippen molar-refractivity contribution in [3.63, 3.8) is 0 Å². The second-order valence-electron chi connectivity index (χ2n) is 5.82. The minimum Gasteiger partial charge on any atom is -0.364 e. The van der Waals surface area contributed by atoms with Crippen molar-refractivity contribution < 1.29 is 0 Å². The van der Waals surface area contributed by atoms with Crippen LogP contribution in [0.1, 0.15) is 23.7 Å².